The maximum absolute atomic E-state index is 12.6. The number of Topliss-reactive ketones (excluding diaryl/α,β-unsaturated/α-hetero) is 2. The standard InChI is InChI=1S/C16H18O3/c1-9-3-5-11-12(7-9)14(17)13-6-4-10(2)8-16(13,19)15(11)18/h3,5,7,10,13,19H,4,6,8H2,1-2H3. The minimum Gasteiger partial charge on any atom is -0.381 e. The van der Waals surface area contributed by atoms with Gasteiger partial charge in [0.2, 0.25) is 0 Å². The van der Waals surface area contributed by atoms with E-state index in [-0.39, 0.29) is 17.5 Å². The SMILES string of the molecule is Cc1ccc2c(c1)C(=O)C1CCC(C)CC1(O)C2=O. The number of aliphatic hydroxyl groups is 1. The van der Waals surface area contributed by atoms with E-state index in [1.54, 1.807) is 12.1 Å². The van der Waals surface area contributed by atoms with E-state index in [1.807, 2.05) is 19.9 Å². The molecule has 3 heteroatoms. The van der Waals surface area contributed by atoms with Gasteiger partial charge in [0.1, 0.15) is 5.60 Å². The third-order valence-electron chi connectivity index (χ3n) is 4.58. The number of hydrogen-bond donors (Lipinski definition) is 1. The zero-order valence-electron chi connectivity index (χ0n) is 11.3. The lowest BCUT2D eigenvalue weighted by Crippen LogP contribution is -2.56. The van der Waals surface area contributed by atoms with Gasteiger partial charge in [-0.2, -0.15) is 0 Å². The fraction of sp³-hybridized carbons (Fsp3) is 0.500. The van der Waals surface area contributed by atoms with E-state index in [0.717, 1.165) is 12.0 Å². The van der Waals surface area contributed by atoms with Gasteiger partial charge in [-0.25, -0.2) is 0 Å². The highest BCUT2D eigenvalue weighted by atomic mass is 16.3. The number of carbonyl (C=O) groups excluding carboxylic acids is 2. The Morgan fingerprint density at radius 1 is 1.21 bits per heavy atom. The van der Waals surface area contributed by atoms with Crippen molar-refractivity contribution < 1.29 is 14.7 Å². The first-order valence-corrected chi connectivity index (χ1v) is 6.85. The third kappa shape index (κ3) is 1.68. The number of fused-ring (bicyclic) bond motifs is 2. The Balaban J connectivity index is 2.17. The van der Waals surface area contributed by atoms with Crippen LogP contribution < -0.4 is 0 Å². The first-order valence-electron chi connectivity index (χ1n) is 6.85. The van der Waals surface area contributed by atoms with Gasteiger partial charge in [-0.3, -0.25) is 9.59 Å². The van der Waals surface area contributed by atoms with E-state index in [2.05, 4.69) is 0 Å². The van der Waals surface area contributed by atoms with Crippen LogP contribution in [0.15, 0.2) is 18.2 Å². The smallest absolute Gasteiger partial charge is 0.195 e. The van der Waals surface area contributed by atoms with E-state index in [9.17, 15) is 14.7 Å². The van der Waals surface area contributed by atoms with E-state index < -0.39 is 11.5 Å². The number of aryl methyl sites for hydroxylation is 1. The van der Waals surface area contributed by atoms with Crippen LogP contribution >= 0.6 is 0 Å². The Bertz CT molecular complexity index is 575. The number of carbonyl (C=O) groups is 2. The molecule has 19 heavy (non-hydrogen) atoms. The van der Waals surface area contributed by atoms with Crippen molar-refractivity contribution >= 4 is 11.6 Å². The van der Waals surface area contributed by atoms with Gasteiger partial charge < -0.3 is 5.11 Å². The molecule has 2 aliphatic carbocycles. The van der Waals surface area contributed by atoms with Gasteiger partial charge >= 0.3 is 0 Å². The van der Waals surface area contributed by atoms with Crippen LogP contribution in [0.4, 0.5) is 0 Å². The summed E-state index contributed by atoms with van der Waals surface area (Å²) < 4.78 is 0. The quantitative estimate of drug-likeness (QED) is 0.778. The highest BCUT2D eigenvalue weighted by Crippen LogP contribution is 2.44. The zero-order chi connectivity index (χ0) is 13.8. The summed E-state index contributed by atoms with van der Waals surface area (Å²) in [6.07, 6.45) is 1.90. The van der Waals surface area contributed by atoms with Crippen molar-refractivity contribution in [2.75, 3.05) is 0 Å². The molecule has 1 N–H and O–H groups in total. The molecule has 3 rings (SSSR count). The van der Waals surface area contributed by atoms with E-state index in [1.165, 1.54) is 0 Å². The maximum Gasteiger partial charge on any atom is 0.195 e. The predicted molar refractivity (Wildman–Crippen MR) is 71.3 cm³/mol. The fourth-order valence-corrected chi connectivity index (χ4v) is 3.55. The molecular weight excluding hydrogens is 240 g/mol. The second-order valence-electron chi connectivity index (χ2n) is 6.11. The summed E-state index contributed by atoms with van der Waals surface area (Å²) in [4.78, 5) is 25.1. The first kappa shape index (κ1) is 12.5. The zero-order valence-corrected chi connectivity index (χ0v) is 11.3. The molecule has 0 radical (unpaired) electrons. The highest BCUT2D eigenvalue weighted by Gasteiger charge is 2.54. The summed E-state index contributed by atoms with van der Waals surface area (Å²) in [7, 11) is 0. The highest BCUT2D eigenvalue weighted by molar-refractivity contribution is 6.19. The summed E-state index contributed by atoms with van der Waals surface area (Å²) in [6, 6.07) is 5.27. The molecule has 100 valence electrons. The van der Waals surface area contributed by atoms with Crippen molar-refractivity contribution in [3.63, 3.8) is 0 Å². The van der Waals surface area contributed by atoms with Gasteiger partial charge in [0.25, 0.3) is 0 Å². The van der Waals surface area contributed by atoms with Gasteiger partial charge in [0.15, 0.2) is 11.6 Å². The van der Waals surface area contributed by atoms with E-state index >= 15 is 0 Å². The van der Waals surface area contributed by atoms with Crippen LogP contribution in [0.2, 0.25) is 0 Å². The Kier molecular flexibility index (Phi) is 2.65. The topological polar surface area (TPSA) is 54.4 Å². The molecule has 0 bridgehead atoms. The van der Waals surface area contributed by atoms with Crippen LogP contribution in [0.25, 0.3) is 0 Å². The van der Waals surface area contributed by atoms with Gasteiger partial charge in [-0.05, 0) is 38.2 Å². The Hall–Kier alpha value is -1.48. The summed E-state index contributed by atoms with van der Waals surface area (Å²) in [5.41, 5.74) is 0.379. The summed E-state index contributed by atoms with van der Waals surface area (Å²) in [6.45, 7) is 3.93. The molecule has 0 saturated heterocycles. The lowest BCUT2D eigenvalue weighted by atomic mass is 9.62. The second-order valence-corrected chi connectivity index (χ2v) is 6.11. The van der Waals surface area contributed by atoms with Crippen LogP contribution in [0.3, 0.4) is 0 Å². The number of hydrogen-bond acceptors (Lipinski definition) is 3. The Morgan fingerprint density at radius 3 is 2.68 bits per heavy atom. The lowest BCUT2D eigenvalue weighted by Gasteiger charge is -2.43. The molecule has 0 aromatic heterocycles. The summed E-state index contributed by atoms with van der Waals surface area (Å²) in [5.74, 6) is -0.596. The molecule has 1 aromatic rings. The largest absolute Gasteiger partial charge is 0.381 e. The van der Waals surface area contributed by atoms with Gasteiger partial charge in [0.05, 0.1) is 5.92 Å². The van der Waals surface area contributed by atoms with Crippen LogP contribution in [-0.4, -0.2) is 22.3 Å². The molecule has 2 aliphatic rings. The molecule has 3 atom stereocenters. The Morgan fingerprint density at radius 2 is 1.95 bits per heavy atom. The van der Waals surface area contributed by atoms with Crippen LogP contribution in [0, 0.1) is 18.8 Å². The van der Waals surface area contributed by atoms with Gasteiger partial charge in [-0.15, -0.1) is 0 Å². The molecule has 1 fully saturated rings. The van der Waals surface area contributed by atoms with Gasteiger partial charge in [-0.1, -0.05) is 24.6 Å². The first-order chi connectivity index (χ1) is 8.93. The number of benzene rings is 1. The molecule has 3 nitrogen and oxygen atoms in total. The van der Waals surface area contributed by atoms with E-state index in [4.69, 9.17) is 0 Å². The van der Waals surface area contributed by atoms with E-state index in [0.29, 0.717) is 24.0 Å². The van der Waals surface area contributed by atoms with Crippen LogP contribution in [0.1, 0.15) is 52.5 Å². The third-order valence-corrected chi connectivity index (χ3v) is 4.58. The second kappa shape index (κ2) is 4.01. The van der Waals surface area contributed by atoms with Crippen molar-refractivity contribution in [1.82, 2.24) is 0 Å². The van der Waals surface area contributed by atoms with Crippen molar-refractivity contribution in [2.24, 2.45) is 11.8 Å². The molecule has 3 unspecified atom stereocenters. The average molecular weight is 258 g/mol. The molecule has 1 saturated carbocycles. The molecule has 0 heterocycles. The number of ketones is 2. The molecule has 0 spiro atoms. The lowest BCUT2D eigenvalue weighted by molar-refractivity contribution is -0.0325. The van der Waals surface area contributed by atoms with Crippen molar-refractivity contribution in [3.05, 3.63) is 34.9 Å². The van der Waals surface area contributed by atoms with Crippen molar-refractivity contribution in [2.45, 2.75) is 38.7 Å². The monoisotopic (exact) mass is 258 g/mol. The fourth-order valence-electron chi connectivity index (χ4n) is 3.55. The number of rotatable bonds is 0. The average Bonchev–Trinajstić information content (AvgIpc) is 2.36. The van der Waals surface area contributed by atoms with Crippen molar-refractivity contribution in [3.8, 4) is 0 Å². The predicted octanol–water partition coefficient (Wildman–Crippen LogP) is 2.54. The van der Waals surface area contributed by atoms with Gasteiger partial charge in [0, 0.05) is 11.1 Å². The summed E-state index contributed by atoms with van der Waals surface area (Å²) >= 11 is 0. The Labute approximate surface area is 112 Å². The van der Waals surface area contributed by atoms with Crippen molar-refractivity contribution in [1.29, 1.82) is 0 Å². The minimum atomic E-state index is -1.48. The molecule has 1 aromatic carbocycles. The van der Waals surface area contributed by atoms with Crippen LogP contribution in [-0.2, 0) is 0 Å². The normalized spacial score (nSPS) is 33.8. The molecule has 0 aliphatic heterocycles. The molecule has 0 amide bonds. The van der Waals surface area contributed by atoms with Crippen LogP contribution in [0.5, 0.6) is 0 Å². The summed E-state index contributed by atoms with van der Waals surface area (Å²) in [5, 5.41) is 10.7. The minimum absolute atomic E-state index is 0.0623. The maximum atomic E-state index is 12.6. The molecular formula is C16H18O3.